The van der Waals surface area contributed by atoms with E-state index in [0.29, 0.717) is 18.3 Å². The monoisotopic (exact) mass is 364 g/mol. The van der Waals surface area contributed by atoms with Gasteiger partial charge in [-0.05, 0) is 66.8 Å². The second kappa shape index (κ2) is 6.03. The number of allylic oxidation sites excluding steroid dienone is 1. The molecule has 0 aromatic heterocycles. The summed E-state index contributed by atoms with van der Waals surface area (Å²) in [6, 6.07) is 0. The van der Waals surface area contributed by atoms with Crippen molar-refractivity contribution < 1.29 is 14.3 Å². The lowest BCUT2D eigenvalue weighted by molar-refractivity contribution is -0.118. The summed E-state index contributed by atoms with van der Waals surface area (Å²) < 4.78 is 6.81. The highest BCUT2D eigenvalue weighted by Gasteiger charge is 2.57. The van der Waals surface area contributed by atoms with Gasteiger partial charge in [-0.1, -0.05) is 34.6 Å². The first-order chi connectivity index (χ1) is 11.4. The molecule has 0 aliphatic heterocycles. The number of aliphatic hydroxyl groups excluding tert-OH is 1. The van der Waals surface area contributed by atoms with Crippen molar-refractivity contribution in [3.05, 3.63) is 11.6 Å². The van der Waals surface area contributed by atoms with Gasteiger partial charge in [0.25, 0.3) is 0 Å². The molecule has 0 spiro atoms. The van der Waals surface area contributed by atoms with Crippen LogP contribution in [0.1, 0.15) is 60.3 Å². The summed E-state index contributed by atoms with van der Waals surface area (Å²) in [7, 11) is -1.94. The van der Waals surface area contributed by atoms with Gasteiger partial charge in [0.05, 0.1) is 12.2 Å². The number of carbonyl (C=O) groups excluding carboxylic acids is 1. The second-order valence-corrected chi connectivity index (χ2v) is 15.3. The van der Waals surface area contributed by atoms with Crippen molar-refractivity contribution in [3.8, 4) is 0 Å². The molecule has 4 heteroatoms. The Morgan fingerprint density at radius 3 is 2.52 bits per heavy atom. The maximum absolute atomic E-state index is 12.4. The minimum absolute atomic E-state index is 0.00135. The van der Waals surface area contributed by atoms with Gasteiger partial charge in [-0.15, -0.1) is 0 Å². The lowest BCUT2D eigenvalue weighted by Gasteiger charge is -2.55. The Bertz CT molecular complexity index is 588. The minimum atomic E-state index is -1.94. The van der Waals surface area contributed by atoms with Crippen LogP contribution in [0.3, 0.4) is 0 Å². The number of carbonyl (C=O) groups is 1. The summed E-state index contributed by atoms with van der Waals surface area (Å²) >= 11 is 0. The SMILES string of the molecule is C[C@@H]1CC[C@@H]2[C@H](C[C@@H](O[Si](C)(C)C(C)(C)C)C3=CC(=O)C[C@]32C)[C@H]1O. The van der Waals surface area contributed by atoms with Gasteiger partial charge in [0.15, 0.2) is 14.1 Å². The van der Waals surface area contributed by atoms with Crippen LogP contribution in [0.25, 0.3) is 0 Å². The van der Waals surface area contributed by atoms with Crippen molar-refractivity contribution in [2.24, 2.45) is 23.2 Å². The third-order valence-corrected chi connectivity index (χ3v) is 12.4. The number of aliphatic hydroxyl groups is 1. The van der Waals surface area contributed by atoms with Gasteiger partial charge in [-0.25, -0.2) is 0 Å². The van der Waals surface area contributed by atoms with Crippen molar-refractivity contribution >= 4 is 14.1 Å². The molecule has 0 saturated heterocycles. The Hall–Kier alpha value is -0.453. The Labute approximate surface area is 154 Å². The van der Waals surface area contributed by atoms with Gasteiger partial charge in [0.2, 0.25) is 0 Å². The summed E-state index contributed by atoms with van der Waals surface area (Å²) in [6.45, 7) is 15.8. The van der Waals surface area contributed by atoms with Crippen LogP contribution in [0.15, 0.2) is 11.6 Å². The van der Waals surface area contributed by atoms with E-state index in [4.69, 9.17) is 4.43 Å². The Morgan fingerprint density at radius 1 is 1.28 bits per heavy atom. The molecule has 1 N–H and O–H groups in total. The fourth-order valence-corrected chi connectivity index (χ4v) is 6.55. The number of rotatable bonds is 2. The molecule has 0 aromatic carbocycles. The van der Waals surface area contributed by atoms with E-state index in [1.54, 1.807) is 0 Å². The van der Waals surface area contributed by atoms with E-state index in [-0.39, 0.29) is 34.4 Å². The second-order valence-electron chi connectivity index (χ2n) is 10.6. The number of hydrogen-bond donors (Lipinski definition) is 1. The molecule has 0 radical (unpaired) electrons. The van der Waals surface area contributed by atoms with Gasteiger partial charge in [0, 0.05) is 11.8 Å². The minimum Gasteiger partial charge on any atom is -0.410 e. The highest BCUT2D eigenvalue weighted by molar-refractivity contribution is 6.74. The average molecular weight is 365 g/mol. The lowest BCUT2D eigenvalue weighted by atomic mass is 9.53. The molecule has 0 aromatic rings. The summed E-state index contributed by atoms with van der Waals surface area (Å²) in [4.78, 5) is 12.4. The van der Waals surface area contributed by atoms with Crippen molar-refractivity contribution in [3.63, 3.8) is 0 Å². The first-order valence-electron chi connectivity index (χ1n) is 9.97. The molecule has 6 atom stereocenters. The van der Waals surface area contributed by atoms with E-state index < -0.39 is 8.32 Å². The molecule has 0 unspecified atom stereocenters. The summed E-state index contributed by atoms with van der Waals surface area (Å²) in [5.74, 6) is 1.26. The Balaban J connectivity index is 1.96. The molecule has 2 saturated carbocycles. The summed E-state index contributed by atoms with van der Waals surface area (Å²) in [5, 5.41) is 11.0. The fourth-order valence-electron chi connectivity index (χ4n) is 5.26. The molecule has 0 amide bonds. The molecule has 3 rings (SSSR count). The third-order valence-electron chi connectivity index (χ3n) is 7.88. The van der Waals surface area contributed by atoms with Gasteiger partial charge >= 0.3 is 0 Å². The zero-order valence-corrected chi connectivity index (χ0v) is 18.1. The highest BCUT2D eigenvalue weighted by atomic mass is 28.4. The van der Waals surface area contributed by atoms with E-state index in [9.17, 15) is 9.90 Å². The largest absolute Gasteiger partial charge is 0.410 e. The van der Waals surface area contributed by atoms with Gasteiger partial charge in [0.1, 0.15) is 0 Å². The first kappa shape index (κ1) is 19.3. The summed E-state index contributed by atoms with van der Waals surface area (Å²) in [6.07, 6.45) is 5.28. The van der Waals surface area contributed by atoms with Crippen LogP contribution in [0.4, 0.5) is 0 Å². The zero-order valence-electron chi connectivity index (χ0n) is 17.1. The van der Waals surface area contributed by atoms with Crippen LogP contribution in [0.2, 0.25) is 18.1 Å². The molecular formula is C21H36O3Si. The molecular weight excluding hydrogens is 328 g/mol. The molecule has 0 bridgehead atoms. The molecule has 3 nitrogen and oxygen atoms in total. The Morgan fingerprint density at radius 2 is 1.92 bits per heavy atom. The van der Waals surface area contributed by atoms with Gasteiger partial charge in [-0.3, -0.25) is 4.79 Å². The van der Waals surface area contributed by atoms with Crippen molar-refractivity contribution in [2.75, 3.05) is 0 Å². The first-order valence-corrected chi connectivity index (χ1v) is 12.9. The zero-order chi connectivity index (χ0) is 18.8. The average Bonchev–Trinajstić information content (AvgIpc) is 2.77. The highest BCUT2D eigenvalue weighted by Crippen LogP contribution is 2.59. The molecule has 3 aliphatic carbocycles. The predicted molar refractivity (Wildman–Crippen MR) is 104 cm³/mol. The van der Waals surface area contributed by atoms with E-state index in [0.717, 1.165) is 19.3 Å². The number of hydrogen-bond acceptors (Lipinski definition) is 3. The van der Waals surface area contributed by atoms with Crippen LogP contribution in [-0.2, 0) is 9.22 Å². The quantitative estimate of drug-likeness (QED) is 0.722. The van der Waals surface area contributed by atoms with E-state index in [1.165, 1.54) is 5.57 Å². The van der Waals surface area contributed by atoms with Crippen molar-refractivity contribution in [1.82, 2.24) is 0 Å². The smallest absolute Gasteiger partial charge is 0.192 e. The fraction of sp³-hybridized carbons (Fsp3) is 0.857. The maximum atomic E-state index is 12.4. The molecule has 142 valence electrons. The third kappa shape index (κ3) is 3.08. The van der Waals surface area contributed by atoms with Crippen LogP contribution in [-0.4, -0.2) is 31.4 Å². The van der Waals surface area contributed by atoms with Crippen LogP contribution in [0.5, 0.6) is 0 Å². The van der Waals surface area contributed by atoms with Crippen molar-refractivity contribution in [2.45, 2.75) is 90.6 Å². The Kier molecular flexibility index (Phi) is 4.66. The van der Waals surface area contributed by atoms with Crippen molar-refractivity contribution in [1.29, 1.82) is 0 Å². The van der Waals surface area contributed by atoms with Crippen LogP contribution < -0.4 is 0 Å². The molecule has 0 heterocycles. The molecule has 3 aliphatic rings. The van der Waals surface area contributed by atoms with E-state index in [1.807, 2.05) is 6.08 Å². The maximum Gasteiger partial charge on any atom is 0.192 e. The normalized spacial score (nSPS) is 42.0. The number of fused-ring (bicyclic) bond motifs is 3. The van der Waals surface area contributed by atoms with E-state index in [2.05, 4.69) is 47.7 Å². The van der Waals surface area contributed by atoms with E-state index >= 15 is 0 Å². The number of ketones is 1. The predicted octanol–water partition coefficient (Wildman–Crippen LogP) is 4.71. The molecule has 2 fully saturated rings. The van der Waals surface area contributed by atoms with Gasteiger partial charge < -0.3 is 9.53 Å². The summed E-state index contributed by atoms with van der Waals surface area (Å²) in [5.41, 5.74) is 1.11. The van der Waals surface area contributed by atoms with Gasteiger partial charge in [-0.2, -0.15) is 0 Å². The standard InChI is InChI=1S/C21H36O3Si/c1-13-8-9-16-15(19(13)23)11-18(24-25(6,7)20(2,3)4)17-10-14(22)12-21(16,17)5/h10,13,15-16,18-19,23H,8-9,11-12H2,1-7H3/t13-,15+,16-,18-,19+,21+/m1/s1. The topological polar surface area (TPSA) is 46.5 Å². The molecule has 25 heavy (non-hydrogen) atoms. The lowest BCUT2D eigenvalue weighted by Crippen LogP contribution is -2.54. The van der Waals surface area contributed by atoms with Crippen LogP contribution >= 0.6 is 0 Å². The van der Waals surface area contributed by atoms with Crippen LogP contribution in [0, 0.1) is 23.2 Å².